The number of methoxy groups -OCH3 is 2. The normalized spacial score (nSPS) is 14.5. The van der Waals surface area contributed by atoms with Crippen LogP contribution in [0.1, 0.15) is 61.0 Å². The average molecular weight is 520 g/mol. The molecule has 1 aliphatic carbocycles. The van der Waals surface area contributed by atoms with Crippen molar-refractivity contribution < 1.29 is 33.6 Å². The van der Waals surface area contributed by atoms with E-state index in [0.29, 0.717) is 39.0 Å². The Balaban J connectivity index is 1.77. The first-order valence-electron chi connectivity index (χ1n) is 12.1. The van der Waals surface area contributed by atoms with E-state index in [0.717, 1.165) is 25.7 Å². The maximum atomic E-state index is 13.0. The first-order chi connectivity index (χ1) is 17.2. The van der Waals surface area contributed by atoms with Gasteiger partial charge in [-0.15, -0.1) is 0 Å². The SMILES string of the molecule is COc1ccc(CC(OC(C)C)C(=O)O)c(OC)c1CNC(=O)c1ccc(OC2CCCC2)cc1Cl. The van der Waals surface area contributed by atoms with Crippen LogP contribution in [0, 0.1) is 0 Å². The van der Waals surface area contributed by atoms with Crippen LogP contribution in [-0.4, -0.2) is 49.5 Å². The summed E-state index contributed by atoms with van der Waals surface area (Å²) in [6.07, 6.45) is 3.37. The van der Waals surface area contributed by atoms with Crippen LogP contribution in [0.15, 0.2) is 30.3 Å². The van der Waals surface area contributed by atoms with Crippen molar-refractivity contribution in [3.05, 3.63) is 52.0 Å². The third kappa shape index (κ3) is 7.04. The van der Waals surface area contributed by atoms with Gasteiger partial charge in [-0.05, 0) is 69.4 Å². The van der Waals surface area contributed by atoms with Crippen LogP contribution in [0.5, 0.6) is 17.2 Å². The van der Waals surface area contributed by atoms with Crippen molar-refractivity contribution >= 4 is 23.5 Å². The molecule has 0 bridgehead atoms. The molecule has 1 fully saturated rings. The van der Waals surface area contributed by atoms with E-state index in [-0.39, 0.29) is 31.1 Å². The second-order valence-corrected chi connectivity index (χ2v) is 9.41. The molecule has 196 valence electrons. The molecule has 0 aromatic heterocycles. The summed E-state index contributed by atoms with van der Waals surface area (Å²) in [5.74, 6) is 0.148. The average Bonchev–Trinajstić information content (AvgIpc) is 3.34. The van der Waals surface area contributed by atoms with Crippen molar-refractivity contribution in [1.82, 2.24) is 5.32 Å². The van der Waals surface area contributed by atoms with E-state index in [2.05, 4.69) is 5.32 Å². The molecule has 2 aromatic rings. The van der Waals surface area contributed by atoms with E-state index in [9.17, 15) is 14.7 Å². The Bertz CT molecular complexity index is 1070. The second kappa shape index (κ2) is 12.8. The number of hydrogen-bond donors (Lipinski definition) is 2. The summed E-state index contributed by atoms with van der Waals surface area (Å²) in [6, 6.07) is 8.52. The molecule has 2 aromatic carbocycles. The third-order valence-corrected chi connectivity index (χ3v) is 6.37. The number of aliphatic carboxylic acids is 1. The number of rotatable bonds is 12. The number of carbonyl (C=O) groups is 2. The molecule has 0 aliphatic heterocycles. The molecule has 1 atom stereocenters. The number of halogens is 1. The van der Waals surface area contributed by atoms with Gasteiger partial charge in [-0.2, -0.15) is 0 Å². The van der Waals surface area contributed by atoms with Gasteiger partial charge in [0.05, 0.1) is 49.1 Å². The zero-order valence-electron chi connectivity index (χ0n) is 21.1. The van der Waals surface area contributed by atoms with Gasteiger partial charge in [0.2, 0.25) is 0 Å². The fourth-order valence-corrected chi connectivity index (χ4v) is 4.63. The summed E-state index contributed by atoms with van der Waals surface area (Å²) in [7, 11) is 3.00. The van der Waals surface area contributed by atoms with Gasteiger partial charge in [0, 0.05) is 6.42 Å². The lowest BCUT2D eigenvalue weighted by atomic mass is 10.0. The second-order valence-electron chi connectivity index (χ2n) is 9.00. The van der Waals surface area contributed by atoms with Crippen molar-refractivity contribution in [2.45, 2.75) is 70.8 Å². The van der Waals surface area contributed by atoms with Crippen LogP contribution in [0.2, 0.25) is 5.02 Å². The molecule has 1 saturated carbocycles. The molecular weight excluding hydrogens is 486 g/mol. The van der Waals surface area contributed by atoms with Crippen molar-refractivity contribution in [2.75, 3.05) is 14.2 Å². The quantitative estimate of drug-likeness (QED) is 0.405. The van der Waals surface area contributed by atoms with E-state index in [1.54, 1.807) is 44.2 Å². The predicted octanol–water partition coefficient (Wildman–Crippen LogP) is 5.03. The lowest BCUT2D eigenvalue weighted by Crippen LogP contribution is -2.29. The minimum atomic E-state index is -1.06. The molecule has 0 spiro atoms. The highest BCUT2D eigenvalue weighted by Crippen LogP contribution is 2.34. The Morgan fingerprint density at radius 1 is 1.11 bits per heavy atom. The monoisotopic (exact) mass is 519 g/mol. The Morgan fingerprint density at radius 2 is 1.83 bits per heavy atom. The topological polar surface area (TPSA) is 103 Å². The molecule has 36 heavy (non-hydrogen) atoms. The molecule has 9 heteroatoms. The van der Waals surface area contributed by atoms with Gasteiger partial charge in [-0.1, -0.05) is 17.7 Å². The van der Waals surface area contributed by atoms with Gasteiger partial charge < -0.3 is 29.4 Å². The first-order valence-corrected chi connectivity index (χ1v) is 12.5. The number of hydrogen-bond acceptors (Lipinski definition) is 6. The van der Waals surface area contributed by atoms with Crippen molar-refractivity contribution in [2.24, 2.45) is 0 Å². The van der Waals surface area contributed by atoms with E-state index >= 15 is 0 Å². The van der Waals surface area contributed by atoms with Crippen molar-refractivity contribution in [3.8, 4) is 17.2 Å². The molecule has 0 saturated heterocycles. The predicted molar refractivity (Wildman–Crippen MR) is 136 cm³/mol. The number of carboxylic acids is 1. The maximum Gasteiger partial charge on any atom is 0.333 e. The summed E-state index contributed by atoms with van der Waals surface area (Å²) in [4.78, 5) is 24.7. The van der Waals surface area contributed by atoms with Crippen molar-refractivity contribution in [3.63, 3.8) is 0 Å². The van der Waals surface area contributed by atoms with Gasteiger partial charge in [0.15, 0.2) is 6.10 Å². The van der Waals surface area contributed by atoms with E-state index < -0.39 is 12.1 Å². The van der Waals surface area contributed by atoms with Gasteiger partial charge in [0.1, 0.15) is 17.2 Å². The van der Waals surface area contributed by atoms with Gasteiger partial charge in [-0.25, -0.2) is 4.79 Å². The minimum Gasteiger partial charge on any atom is -0.496 e. The highest BCUT2D eigenvalue weighted by atomic mass is 35.5. The number of ether oxygens (including phenoxy) is 4. The van der Waals surface area contributed by atoms with E-state index in [4.69, 9.17) is 30.5 Å². The lowest BCUT2D eigenvalue weighted by Gasteiger charge is -2.21. The smallest absolute Gasteiger partial charge is 0.333 e. The number of amides is 1. The summed E-state index contributed by atoms with van der Waals surface area (Å²) in [6.45, 7) is 3.64. The highest BCUT2D eigenvalue weighted by molar-refractivity contribution is 6.34. The number of nitrogens with one attached hydrogen (secondary N) is 1. The Kier molecular flexibility index (Phi) is 9.84. The fourth-order valence-electron chi connectivity index (χ4n) is 4.37. The highest BCUT2D eigenvalue weighted by Gasteiger charge is 2.25. The number of benzene rings is 2. The van der Waals surface area contributed by atoms with Crippen LogP contribution in [0.25, 0.3) is 0 Å². The summed E-state index contributed by atoms with van der Waals surface area (Å²) in [5.41, 5.74) is 1.53. The molecule has 1 aliphatic rings. The van der Waals surface area contributed by atoms with Crippen LogP contribution in [-0.2, 0) is 22.5 Å². The largest absolute Gasteiger partial charge is 0.496 e. The van der Waals surface area contributed by atoms with Gasteiger partial charge >= 0.3 is 5.97 Å². The Morgan fingerprint density at radius 3 is 2.42 bits per heavy atom. The minimum absolute atomic E-state index is 0.0818. The van der Waals surface area contributed by atoms with Crippen molar-refractivity contribution in [1.29, 1.82) is 0 Å². The molecule has 8 nitrogen and oxygen atoms in total. The van der Waals surface area contributed by atoms with Gasteiger partial charge in [-0.3, -0.25) is 4.79 Å². The zero-order valence-corrected chi connectivity index (χ0v) is 21.9. The molecule has 1 unspecified atom stereocenters. The Hall–Kier alpha value is -2.97. The molecular formula is C27H34ClNO7. The Labute approximate surface area is 216 Å². The van der Waals surface area contributed by atoms with Crippen LogP contribution < -0.4 is 19.5 Å². The maximum absolute atomic E-state index is 13.0. The van der Waals surface area contributed by atoms with Crippen LogP contribution >= 0.6 is 11.6 Å². The molecule has 3 rings (SSSR count). The molecule has 0 radical (unpaired) electrons. The van der Waals surface area contributed by atoms with Gasteiger partial charge in [0.25, 0.3) is 5.91 Å². The summed E-state index contributed by atoms with van der Waals surface area (Å²) >= 11 is 6.40. The number of carbonyl (C=O) groups excluding carboxylic acids is 1. The number of carboxylic acid groups (broad SMARTS) is 1. The first kappa shape index (κ1) is 27.6. The molecule has 0 heterocycles. The fraction of sp³-hybridized carbons (Fsp3) is 0.481. The standard InChI is InChI=1S/C27H34ClNO7/c1-16(2)35-24(27(31)32)13-17-9-12-23(33-3)21(25(17)34-4)15-29-26(30)20-11-10-19(14-22(20)28)36-18-7-5-6-8-18/h9-12,14,16,18,24H,5-8,13,15H2,1-4H3,(H,29,30)(H,31,32). The third-order valence-electron chi connectivity index (χ3n) is 6.06. The van der Waals surface area contributed by atoms with Crippen LogP contribution in [0.3, 0.4) is 0 Å². The summed E-state index contributed by atoms with van der Waals surface area (Å²) < 4.78 is 22.6. The molecule has 2 N–H and O–H groups in total. The summed E-state index contributed by atoms with van der Waals surface area (Å²) in [5, 5.41) is 12.7. The van der Waals surface area contributed by atoms with E-state index in [1.165, 1.54) is 14.2 Å². The zero-order chi connectivity index (χ0) is 26.2. The van der Waals surface area contributed by atoms with Crippen LogP contribution in [0.4, 0.5) is 0 Å². The van der Waals surface area contributed by atoms with E-state index in [1.807, 2.05) is 0 Å². The molecule has 1 amide bonds. The lowest BCUT2D eigenvalue weighted by molar-refractivity contribution is -0.153.